The molecule has 2 amide bonds. The van der Waals surface area contributed by atoms with Crippen molar-refractivity contribution in [3.8, 4) is 0 Å². The Labute approximate surface area is 212 Å². The Morgan fingerprint density at radius 2 is 1.67 bits per heavy atom. The average molecular weight is 524 g/mol. The molecule has 0 saturated carbocycles. The van der Waals surface area contributed by atoms with Crippen molar-refractivity contribution < 1.29 is 26.8 Å². The molecule has 2 atom stereocenters. The lowest BCUT2D eigenvalue weighted by atomic mass is 10.1. The number of hydrogen-bond acceptors (Lipinski definition) is 4. The number of carbonyl (C=O) groups excluding carboxylic acids is 2. The summed E-state index contributed by atoms with van der Waals surface area (Å²) in [4.78, 5) is 27.5. The van der Waals surface area contributed by atoms with Crippen molar-refractivity contribution >= 4 is 27.5 Å². The van der Waals surface area contributed by atoms with Crippen molar-refractivity contribution in [1.29, 1.82) is 0 Å². The van der Waals surface area contributed by atoms with Crippen LogP contribution in [0.4, 0.5) is 14.5 Å². The third kappa shape index (κ3) is 8.58. The molecule has 0 aliphatic rings. The van der Waals surface area contributed by atoms with Crippen LogP contribution in [0.3, 0.4) is 0 Å². The molecule has 0 heterocycles. The van der Waals surface area contributed by atoms with Crippen molar-refractivity contribution in [2.45, 2.75) is 58.5 Å². The second-order valence-corrected chi connectivity index (χ2v) is 10.8. The van der Waals surface area contributed by atoms with Gasteiger partial charge in [-0.15, -0.1) is 0 Å². The highest BCUT2D eigenvalue weighted by molar-refractivity contribution is 7.92. The van der Waals surface area contributed by atoms with Crippen LogP contribution in [0.15, 0.2) is 48.5 Å². The van der Waals surface area contributed by atoms with Gasteiger partial charge in [0.15, 0.2) is 11.6 Å². The first-order chi connectivity index (χ1) is 16.9. The van der Waals surface area contributed by atoms with Crippen LogP contribution in [-0.2, 0) is 26.0 Å². The Kier molecular flexibility index (Phi) is 10.8. The van der Waals surface area contributed by atoms with Crippen LogP contribution in [0.25, 0.3) is 0 Å². The summed E-state index contributed by atoms with van der Waals surface area (Å²) in [6, 6.07) is 11.7. The highest BCUT2D eigenvalue weighted by Gasteiger charge is 2.27. The van der Waals surface area contributed by atoms with Gasteiger partial charge in [0.25, 0.3) is 0 Å². The molecule has 0 aliphatic heterocycles. The van der Waals surface area contributed by atoms with Crippen LogP contribution in [-0.4, -0.2) is 56.6 Å². The summed E-state index contributed by atoms with van der Waals surface area (Å²) in [5, 5.41) is 2.90. The maximum Gasteiger partial charge on any atom is 0.242 e. The molecule has 0 spiro atoms. The van der Waals surface area contributed by atoms with Gasteiger partial charge in [-0.25, -0.2) is 17.2 Å². The molecule has 0 unspecified atom stereocenters. The second-order valence-electron chi connectivity index (χ2n) is 8.85. The molecule has 1 N–H and O–H groups in total. The van der Waals surface area contributed by atoms with E-state index in [0.717, 1.165) is 34.7 Å². The van der Waals surface area contributed by atoms with Crippen molar-refractivity contribution in [1.82, 2.24) is 10.2 Å². The Morgan fingerprint density at radius 3 is 2.25 bits per heavy atom. The van der Waals surface area contributed by atoms with Gasteiger partial charge < -0.3 is 10.2 Å². The number of carbonyl (C=O) groups is 2. The SMILES string of the molecule is CC[C@@H](C)NC(=O)[C@@H](C)N(CCc1ccccc1)C(=O)CCCN(c1ccc(F)c(F)c1)S(C)(=O)=O. The molecule has 198 valence electrons. The van der Waals surface area contributed by atoms with Crippen molar-refractivity contribution in [2.75, 3.05) is 23.7 Å². The molecule has 0 saturated heterocycles. The molecule has 2 aromatic carbocycles. The van der Waals surface area contributed by atoms with Crippen LogP contribution in [0.2, 0.25) is 0 Å². The van der Waals surface area contributed by atoms with E-state index >= 15 is 0 Å². The van der Waals surface area contributed by atoms with Crippen molar-refractivity contribution in [2.24, 2.45) is 0 Å². The smallest absolute Gasteiger partial charge is 0.242 e. The van der Waals surface area contributed by atoms with Gasteiger partial charge in [0.05, 0.1) is 11.9 Å². The highest BCUT2D eigenvalue weighted by Crippen LogP contribution is 2.21. The van der Waals surface area contributed by atoms with Crippen molar-refractivity contribution in [3.05, 3.63) is 65.7 Å². The van der Waals surface area contributed by atoms with Gasteiger partial charge in [-0.1, -0.05) is 37.3 Å². The molecular formula is C26H35F2N3O4S. The molecule has 0 aliphatic carbocycles. The highest BCUT2D eigenvalue weighted by atomic mass is 32.2. The summed E-state index contributed by atoms with van der Waals surface area (Å²) in [5.41, 5.74) is 0.998. The standard InChI is InChI=1S/C26H35F2N3O4S/c1-5-19(2)29-26(33)20(3)30(17-15-21-10-7-6-8-11-21)25(32)12-9-16-31(36(4,34)35)22-13-14-23(27)24(28)18-22/h6-8,10-11,13-14,18-20H,5,9,12,15-17H2,1-4H3,(H,29,33)/t19-,20-/m1/s1. The first-order valence-corrected chi connectivity index (χ1v) is 13.8. The lowest BCUT2D eigenvalue weighted by Crippen LogP contribution is -2.50. The van der Waals surface area contributed by atoms with E-state index in [0.29, 0.717) is 13.0 Å². The fourth-order valence-electron chi connectivity index (χ4n) is 3.68. The van der Waals surface area contributed by atoms with Crippen LogP contribution in [0, 0.1) is 11.6 Å². The van der Waals surface area contributed by atoms with Crippen LogP contribution in [0.1, 0.15) is 45.6 Å². The summed E-state index contributed by atoms with van der Waals surface area (Å²) in [6.45, 7) is 5.73. The zero-order chi connectivity index (χ0) is 26.9. The normalized spacial score (nSPS) is 13.1. The van der Waals surface area contributed by atoms with E-state index in [4.69, 9.17) is 0 Å². The van der Waals surface area contributed by atoms with E-state index in [2.05, 4.69) is 5.32 Å². The topological polar surface area (TPSA) is 86.8 Å². The molecular weight excluding hydrogens is 488 g/mol. The lowest BCUT2D eigenvalue weighted by molar-refractivity contribution is -0.140. The van der Waals surface area contributed by atoms with Gasteiger partial charge in [-0.3, -0.25) is 13.9 Å². The van der Waals surface area contributed by atoms with Crippen molar-refractivity contribution in [3.63, 3.8) is 0 Å². The maximum atomic E-state index is 13.7. The van der Waals surface area contributed by atoms with Crippen LogP contribution >= 0.6 is 0 Å². The largest absolute Gasteiger partial charge is 0.352 e. The Bertz CT molecular complexity index is 1130. The Balaban J connectivity index is 2.13. The first-order valence-electron chi connectivity index (χ1n) is 12.0. The molecule has 0 bridgehead atoms. The number of nitrogens with zero attached hydrogens (tertiary/aromatic N) is 2. The minimum absolute atomic E-state index is 0.0221. The van der Waals surface area contributed by atoms with Gasteiger partial charge in [0.2, 0.25) is 21.8 Å². The van der Waals surface area contributed by atoms with E-state index in [1.807, 2.05) is 44.2 Å². The number of benzene rings is 2. The van der Waals surface area contributed by atoms with Gasteiger partial charge in [-0.05, 0) is 50.8 Å². The molecule has 7 nitrogen and oxygen atoms in total. The van der Waals surface area contributed by atoms with E-state index in [9.17, 15) is 26.8 Å². The summed E-state index contributed by atoms with van der Waals surface area (Å²) in [7, 11) is -3.80. The predicted octanol–water partition coefficient (Wildman–Crippen LogP) is 3.89. The van der Waals surface area contributed by atoms with E-state index in [1.165, 1.54) is 11.0 Å². The fourth-order valence-corrected chi connectivity index (χ4v) is 4.64. The van der Waals surface area contributed by atoms with Crippen LogP contribution < -0.4 is 9.62 Å². The zero-order valence-corrected chi connectivity index (χ0v) is 22.0. The van der Waals surface area contributed by atoms with Gasteiger partial charge in [0.1, 0.15) is 6.04 Å². The number of amides is 2. The zero-order valence-electron chi connectivity index (χ0n) is 21.2. The first kappa shape index (κ1) is 29.2. The number of rotatable bonds is 13. The van der Waals surface area contributed by atoms with Gasteiger partial charge in [-0.2, -0.15) is 0 Å². The minimum atomic E-state index is -3.80. The predicted molar refractivity (Wildman–Crippen MR) is 137 cm³/mol. The summed E-state index contributed by atoms with van der Waals surface area (Å²) < 4.78 is 52.5. The van der Waals surface area contributed by atoms with E-state index in [-0.39, 0.29) is 42.9 Å². The van der Waals surface area contributed by atoms with E-state index in [1.54, 1.807) is 6.92 Å². The van der Waals surface area contributed by atoms with Gasteiger partial charge in [0, 0.05) is 31.6 Å². The van der Waals surface area contributed by atoms with Crippen LogP contribution in [0.5, 0.6) is 0 Å². The number of anilines is 1. The summed E-state index contributed by atoms with van der Waals surface area (Å²) in [6.07, 6.45) is 2.38. The molecule has 0 fully saturated rings. The molecule has 10 heteroatoms. The number of halogens is 2. The number of nitrogens with one attached hydrogen (secondary N) is 1. The molecule has 2 rings (SSSR count). The monoisotopic (exact) mass is 523 g/mol. The van der Waals surface area contributed by atoms with E-state index < -0.39 is 27.7 Å². The lowest BCUT2D eigenvalue weighted by Gasteiger charge is -2.30. The second kappa shape index (κ2) is 13.3. The number of hydrogen-bond donors (Lipinski definition) is 1. The summed E-state index contributed by atoms with van der Waals surface area (Å²) in [5.74, 6) is -2.80. The average Bonchev–Trinajstić information content (AvgIpc) is 2.83. The number of sulfonamides is 1. The molecule has 2 aromatic rings. The summed E-state index contributed by atoms with van der Waals surface area (Å²) >= 11 is 0. The Hall–Kier alpha value is -3.01. The molecule has 0 aromatic heterocycles. The fraction of sp³-hybridized carbons (Fsp3) is 0.462. The quantitative estimate of drug-likeness (QED) is 0.432. The third-order valence-corrected chi connectivity index (χ3v) is 7.19. The molecule has 36 heavy (non-hydrogen) atoms. The maximum absolute atomic E-state index is 13.7. The molecule has 0 radical (unpaired) electrons. The Morgan fingerprint density at radius 1 is 1.00 bits per heavy atom. The van der Waals surface area contributed by atoms with Gasteiger partial charge >= 0.3 is 0 Å². The third-order valence-electron chi connectivity index (χ3n) is 6.00. The minimum Gasteiger partial charge on any atom is -0.352 e.